The van der Waals surface area contributed by atoms with E-state index < -0.39 is 32.5 Å². The van der Waals surface area contributed by atoms with Gasteiger partial charge >= 0.3 is 0 Å². The molecule has 0 atom stereocenters. The molecule has 37 heavy (non-hydrogen) atoms. The molecule has 0 saturated carbocycles. The van der Waals surface area contributed by atoms with Crippen molar-refractivity contribution in [1.82, 2.24) is 0 Å². The Balaban J connectivity index is 1.73. The maximum atomic E-state index is 12.9. The van der Waals surface area contributed by atoms with Crippen molar-refractivity contribution in [3.05, 3.63) is 83.4 Å². The van der Waals surface area contributed by atoms with E-state index in [1.807, 2.05) is 44.2 Å². The number of carbonyl (C=O) groups excluding carboxylic acids is 1. The number of nitrogens with one attached hydrogen (secondary N) is 2. The highest BCUT2D eigenvalue weighted by Crippen LogP contribution is 2.27. The van der Waals surface area contributed by atoms with Crippen LogP contribution in [0.2, 0.25) is 0 Å². The lowest BCUT2D eigenvalue weighted by Crippen LogP contribution is -2.37. The van der Waals surface area contributed by atoms with Crippen LogP contribution in [0.4, 0.5) is 17.1 Å². The Labute approximate surface area is 219 Å². The maximum absolute atomic E-state index is 12.9. The fraction of sp³-hybridized carbons (Fsp3) is 0.296. The van der Waals surface area contributed by atoms with Gasteiger partial charge in [0.25, 0.3) is 10.0 Å². The third-order valence-corrected chi connectivity index (χ3v) is 8.38. The van der Waals surface area contributed by atoms with Crippen molar-refractivity contribution < 1.29 is 21.6 Å². The normalized spacial score (nSPS) is 12.2. The molecule has 3 aromatic carbocycles. The molecule has 3 aromatic rings. The predicted molar refractivity (Wildman–Crippen MR) is 149 cm³/mol. The molecule has 0 fully saturated rings. The summed E-state index contributed by atoms with van der Waals surface area (Å²) in [6, 6.07) is 18.2. The first-order chi connectivity index (χ1) is 17.1. The van der Waals surface area contributed by atoms with Crippen LogP contribution in [-0.4, -0.2) is 35.5 Å². The van der Waals surface area contributed by atoms with Gasteiger partial charge in [-0.1, -0.05) is 51.1 Å². The zero-order valence-corrected chi connectivity index (χ0v) is 23.5. The topological polar surface area (TPSA) is 113 Å². The number of carbonyl (C=O) groups is 1. The van der Waals surface area contributed by atoms with Gasteiger partial charge in [-0.2, -0.15) is 0 Å². The molecule has 198 valence electrons. The first kappa shape index (κ1) is 28.2. The van der Waals surface area contributed by atoms with Gasteiger partial charge in [-0.25, -0.2) is 16.8 Å². The number of hydrogen-bond acceptors (Lipinski definition) is 5. The van der Waals surface area contributed by atoms with Crippen LogP contribution in [0.25, 0.3) is 0 Å². The van der Waals surface area contributed by atoms with Crippen LogP contribution in [0.5, 0.6) is 0 Å². The van der Waals surface area contributed by atoms with E-state index in [9.17, 15) is 21.6 Å². The van der Waals surface area contributed by atoms with Crippen LogP contribution < -0.4 is 14.3 Å². The average molecular weight is 544 g/mol. The summed E-state index contributed by atoms with van der Waals surface area (Å²) in [5, 5.41) is 2.64. The van der Waals surface area contributed by atoms with Crippen molar-refractivity contribution in [3.8, 4) is 0 Å². The molecule has 0 unspecified atom stereocenters. The highest BCUT2D eigenvalue weighted by atomic mass is 32.2. The standard InChI is InChI=1S/C27H33N3O5S2/c1-19-8-7-9-20(2)26(19)29-37(34,35)24-16-12-22(13-17-24)28-25(31)18-30(36(6,32)33)23-14-10-21(11-15-23)27(3,4)5/h7-17,29H,18H2,1-6H3,(H,28,31). The quantitative estimate of drug-likeness (QED) is 0.424. The first-order valence-electron chi connectivity index (χ1n) is 11.7. The Morgan fingerprint density at radius 2 is 1.38 bits per heavy atom. The van der Waals surface area contributed by atoms with Crippen LogP contribution in [0, 0.1) is 13.8 Å². The summed E-state index contributed by atoms with van der Waals surface area (Å²) in [4.78, 5) is 12.8. The summed E-state index contributed by atoms with van der Waals surface area (Å²) in [6.07, 6.45) is 1.04. The van der Waals surface area contributed by atoms with Crippen LogP contribution in [0.1, 0.15) is 37.5 Å². The molecule has 0 saturated heterocycles. The van der Waals surface area contributed by atoms with E-state index in [0.717, 1.165) is 27.3 Å². The minimum absolute atomic E-state index is 0.0323. The van der Waals surface area contributed by atoms with E-state index in [1.165, 1.54) is 24.3 Å². The van der Waals surface area contributed by atoms with E-state index >= 15 is 0 Å². The number of para-hydroxylation sites is 1. The van der Waals surface area contributed by atoms with E-state index in [0.29, 0.717) is 17.1 Å². The fourth-order valence-electron chi connectivity index (χ4n) is 3.74. The third kappa shape index (κ3) is 7.11. The van der Waals surface area contributed by atoms with Gasteiger partial charge in [-0.05, 0) is 72.4 Å². The lowest BCUT2D eigenvalue weighted by Gasteiger charge is -2.24. The van der Waals surface area contributed by atoms with Gasteiger partial charge in [0.1, 0.15) is 6.54 Å². The number of hydrogen-bond donors (Lipinski definition) is 2. The number of amides is 1. The summed E-state index contributed by atoms with van der Waals surface area (Å²) in [5.74, 6) is -0.561. The van der Waals surface area contributed by atoms with E-state index in [2.05, 4.69) is 30.8 Å². The molecule has 10 heteroatoms. The molecule has 2 N–H and O–H groups in total. The number of rotatable bonds is 8. The molecule has 0 aliphatic rings. The van der Waals surface area contributed by atoms with E-state index in [4.69, 9.17) is 0 Å². The minimum Gasteiger partial charge on any atom is -0.325 e. The molecule has 0 bridgehead atoms. The highest BCUT2D eigenvalue weighted by molar-refractivity contribution is 7.92. The molecule has 0 radical (unpaired) electrons. The van der Waals surface area contributed by atoms with Crippen molar-refractivity contribution in [1.29, 1.82) is 0 Å². The van der Waals surface area contributed by atoms with Gasteiger partial charge in [0.05, 0.1) is 22.5 Å². The molecule has 0 aromatic heterocycles. The van der Waals surface area contributed by atoms with E-state index in [-0.39, 0.29) is 10.3 Å². The largest absolute Gasteiger partial charge is 0.325 e. The lowest BCUT2D eigenvalue weighted by molar-refractivity contribution is -0.114. The fourth-order valence-corrected chi connectivity index (χ4v) is 5.80. The average Bonchev–Trinajstić information content (AvgIpc) is 2.79. The molecule has 3 rings (SSSR count). The number of sulfonamides is 2. The van der Waals surface area contributed by atoms with Crippen molar-refractivity contribution in [2.24, 2.45) is 0 Å². The maximum Gasteiger partial charge on any atom is 0.261 e. The van der Waals surface area contributed by atoms with Gasteiger partial charge in [-0.3, -0.25) is 13.8 Å². The first-order valence-corrected chi connectivity index (χ1v) is 15.0. The van der Waals surface area contributed by atoms with Crippen LogP contribution in [0.15, 0.2) is 71.6 Å². The second-order valence-corrected chi connectivity index (χ2v) is 13.6. The lowest BCUT2D eigenvalue weighted by atomic mass is 9.87. The Morgan fingerprint density at radius 3 is 1.86 bits per heavy atom. The van der Waals surface area contributed by atoms with Gasteiger partial charge in [0.2, 0.25) is 15.9 Å². The van der Waals surface area contributed by atoms with Crippen molar-refractivity contribution in [3.63, 3.8) is 0 Å². The van der Waals surface area contributed by atoms with Crippen LogP contribution in [-0.2, 0) is 30.3 Å². The summed E-state index contributed by atoms with van der Waals surface area (Å²) in [7, 11) is -7.57. The molecule has 1 amide bonds. The van der Waals surface area contributed by atoms with Gasteiger partial charge in [-0.15, -0.1) is 0 Å². The summed E-state index contributed by atoms with van der Waals surface area (Å²) >= 11 is 0. The Kier molecular flexibility index (Phi) is 8.04. The smallest absolute Gasteiger partial charge is 0.261 e. The zero-order chi connectivity index (χ0) is 27.6. The molecule has 0 heterocycles. The Morgan fingerprint density at radius 1 is 0.838 bits per heavy atom. The molecule has 0 aliphatic carbocycles. The molecule has 0 spiro atoms. The van der Waals surface area contributed by atoms with Crippen molar-refractivity contribution in [2.75, 3.05) is 27.1 Å². The number of benzene rings is 3. The second kappa shape index (κ2) is 10.5. The summed E-state index contributed by atoms with van der Waals surface area (Å²) < 4.78 is 54.2. The van der Waals surface area contributed by atoms with Gasteiger partial charge < -0.3 is 5.32 Å². The monoisotopic (exact) mass is 543 g/mol. The number of aryl methyl sites for hydroxylation is 2. The molecule has 0 aliphatic heterocycles. The highest BCUT2D eigenvalue weighted by Gasteiger charge is 2.22. The molecular formula is C27H33N3O5S2. The second-order valence-electron chi connectivity index (χ2n) is 10.0. The molecular weight excluding hydrogens is 510 g/mol. The van der Waals surface area contributed by atoms with Gasteiger partial charge in [0.15, 0.2) is 0 Å². The Bertz CT molecular complexity index is 1470. The van der Waals surface area contributed by atoms with Crippen LogP contribution >= 0.6 is 0 Å². The summed E-state index contributed by atoms with van der Waals surface area (Å²) in [6.45, 7) is 9.38. The predicted octanol–water partition coefficient (Wildman–Crippen LogP) is 4.81. The van der Waals surface area contributed by atoms with Crippen LogP contribution in [0.3, 0.4) is 0 Å². The summed E-state index contributed by atoms with van der Waals surface area (Å²) in [5.41, 5.74) is 3.79. The van der Waals surface area contributed by atoms with Crippen molar-refractivity contribution >= 4 is 43.0 Å². The Hall–Kier alpha value is -3.37. The SMILES string of the molecule is Cc1cccc(C)c1NS(=O)(=O)c1ccc(NC(=O)CN(c2ccc(C(C)(C)C)cc2)S(C)(=O)=O)cc1. The minimum atomic E-state index is -3.84. The van der Waals surface area contributed by atoms with Crippen molar-refractivity contribution in [2.45, 2.75) is 44.9 Å². The number of anilines is 3. The molecule has 8 nitrogen and oxygen atoms in total. The van der Waals surface area contributed by atoms with Gasteiger partial charge in [0, 0.05) is 5.69 Å². The number of nitrogens with zero attached hydrogens (tertiary/aromatic N) is 1. The third-order valence-electron chi connectivity index (χ3n) is 5.87. The van der Waals surface area contributed by atoms with E-state index in [1.54, 1.807) is 12.1 Å². The zero-order valence-electron chi connectivity index (χ0n) is 21.9.